The first-order valence-corrected chi connectivity index (χ1v) is 7.69. The van der Waals surface area contributed by atoms with Crippen molar-refractivity contribution in [3.8, 4) is 0 Å². The lowest BCUT2D eigenvalue weighted by molar-refractivity contribution is 0.0696. The molecular formula is C13H15N3O4S. The van der Waals surface area contributed by atoms with Gasteiger partial charge < -0.3 is 10.1 Å². The first kappa shape index (κ1) is 15.2. The van der Waals surface area contributed by atoms with Gasteiger partial charge in [0.2, 0.25) is 10.0 Å². The van der Waals surface area contributed by atoms with Crippen LogP contribution in [0.25, 0.3) is 0 Å². The molecule has 0 unspecified atom stereocenters. The third-order valence-corrected chi connectivity index (χ3v) is 4.45. The first-order valence-electron chi connectivity index (χ1n) is 6.21. The lowest BCUT2D eigenvalue weighted by atomic mass is 10.1. The Kier molecular flexibility index (Phi) is 4.39. The monoisotopic (exact) mass is 309 g/mol. The highest BCUT2D eigenvalue weighted by molar-refractivity contribution is 7.89. The van der Waals surface area contributed by atoms with Gasteiger partial charge in [-0.1, -0.05) is 6.07 Å². The summed E-state index contributed by atoms with van der Waals surface area (Å²) in [6, 6.07) is 4.03. The van der Waals surface area contributed by atoms with E-state index in [2.05, 4.69) is 14.7 Å². The van der Waals surface area contributed by atoms with Crippen molar-refractivity contribution < 1.29 is 18.3 Å². The smallest absolute Gasteiger partial charge is 0.335 e. The number of rotatable bonds is 6. The average Bonchev–Trinajstić information content (AvgIpc) is 2.91. The van der Waals surface area contributed by atoms with Crippen LogP contribution in [0.15, 0.2) is 35.6 Å². The number of aryl methyl sites for hydroxylation is 1. The minimum atomic E-state index is -3.73. The number of hydrogen-bond donors (Lipinski definition) is 3. The maximum Gasteiger partial charge on any atom is 0.335 e. The summed E-state index contributed by atoms with van der Waals surface area (Å²) in [6.45, 7) is 1.81. The Morgan fingerprint density at radius 3 is 2.81 bits per heavy atom. The van der Waals surface area contributed by atoms with Gasteiger partial charge in [-0.05, 0) is 24.6 Å². The molecule has 7 nitrogen and oxygen atoms in total. The van der Waals surface area contributed by atoms with Gasteiger partial charge in [-0.25, -0.2) is 22.9 Å². The molecule has 2 rings (SSSR count). The van der Waals surface area contributed by atoms with Gasteiger partial charge in [0.15, 0.2) is 0 Å². The van der Waals surface area contributed by atoms with Crippen LogP contribution in [0.1, 0.15) is 21.6 Å². The molecule has 1 aromatic heterocycles. The third kappa shape index (κ3) is 3.67. The van der Waals surface area contributed by atoms with Crippen LogP contribution < -0.4 is 4.72 Å². The van der Waals surface area contributed by atoms with E-state index in [0.29, 0.717) is 12.0 Å². The molecule has 2 aromatic rings. The number of imidazole rings is 1. The van der Waals surface area contributed by atoms with Crippen molar-refractivity contribution >= 4 is 16.0 Å². The Bertz CT molecular complexity index is 739. The number of sulfonamides is 1. The zero-order valence-electron chi connectivity index (χ0n) is 11.3. The maximum absolute atomic E-state index is 12.1. The zero-order valence-corrected chi connectivity index (χ0v) is 12.1. The molecule has 0 radical (unpaired) electrons. The van der Waals surface area contributed by atoms with E-state index in [0.717, 1.165) is 11.8 Å². The first-order chi connectivity index (χ1) is 9.90. The lowest BCUT2D eigenvalue weighted by Crippen LogP contribution is -2.26. The molecule has 0 fully saturated rings. The van der Waals surface area contributed by atoms with Crippen LogP contribution >= 0.6 is 0 Å². The Morgan fingerprint density at radius 2 is 2.19 bits per heavy atom. The van der Waals surface area contributed by atoms with Crippen molar-refractivity contribution in [2.45, 2.75) is 18.2 Å². The second-order valence-electron chi connectivity index (χ2n) is 4.51. The quantitative estimate of drug-likeness (QED) is 0.735. The largest absolute Gasteiger partial charge is 0.478 e. The molecule has 0 saturated carbocycles. The topological polar surface area (TPSA) is 112 Å². The number of carboxylic acid groups (broad SMARTS) is 1. The molecule has 1 heterocycles. The second-order valence-corrected chi connectivity index (χ2v) is 6.27. The predicted molar refractivity (Wildman–Crippen MR) is 75.6 cm³/mol. The molecule has 0 aliphatic rings. The highest BCUT2D eigenvalue weighted by atomic mass is 32.2. The van der Waals surface area contributed by atoms with Crippen molar-refractivity contribution in [1.29, 1.82) is 0 Å². The molecule has 0 atom stereocenters. The Hall–Kier alpha value is -2.19. The van der Waals surface area contributed by atoms with Crippen LogP contribution in [0.2, 0.25) is 0 Å². The molecule has 0 aliphatic carbocycles. The van der Waals surface area contributed by atoms with Gasteiger partial charge in [-0.15, -0.1) is 0 Å². The Morgan fingerprint density at radius 1 is 1.43 bits per heavy atom. The minimum Gasteiger partial charge on any atom is -0.478 e. The molecule has 1 aromatic carbocycles. The van der Waals surface area contributed by atoms with Crippen molar-refractivity contribution in [1.82, 2.24) is 14.7 Å². The van der Waals surface area contributed by atoms with E-state index in [1.807, 2.05) is 0 Å². The maximum atomic E-state index is 12.1. The van der Waals surface area contributed by atoms with Crippen molar-refractivity contribution in [2.75, 3.05) is 6.54 Å². The predicted octanol–water partition coefficient (Wildman–Crippen LogP) is 0.937. The number of benzene rings is 1. The molecule has 112 valence electrons. The fourth-order valence-electron chi connectivity index (χ4n) is 1.82. The van der Waals surface area contributed by atoms with Gasteiger partial charge >= 0.3 is 5.97 Å². The SMILES string of the molecule is Cc1ccc(S(=O)(=O)NCCc2cnc[nH]2)cc1C(=O)O. The van der Waals surface area contributed by atoms with E-state index >= 15 is 0 Å². The number of carboxylic acids is 1. The summed E-state index contributed by atoms with van der Waals surface area (Å²) in [6.07, 6.45) is 3.60. The van der Waals surface area contributed by atoms with E-state index in [9.17, 15) is 13.2 Å². The molecule has 21 heavy (non-hydrogen) atoms. The van der Waals surface area contributed by atoms with Crippen LogP contribution in [0.3, 0.4) is 0 Å². The minimum absolute atomic E-state index is 0.0218. The number of carbonyl (C=O) groups is 1. The molecule has 0 amide bonds. The zero-order chi connectivity index (χ0) is 15.5. The fraction of sp³-hybridized carbons (Fsp3) is 0.231. The van der Waals surface area contributed by atoms with Crippen LogP contribution in [0.5, 0.6) is 0 Å². The number of hydrogen-bond acceptors (Lipinski definition) is 4. The molecule has 8 heteroatoms. The van der Waals surface area contributed by atoms with Crippen LogP contribution in [0.4, 0.5) is 0 Å². The summed E-state index contributed by atoms with van der Waals surface area (Å²) in [4.78, 5) is 17.7. The van der Waals surface area contributed by atoms with Gasteiger partial charge in [0.25, 0.3) is 0 Å². The van der Waals surface area contributed by atoms with Crippen LogP contribution in [-0.2, 0) is 16.4 Å². The van der Waals surface area contributed by atoms with E-state index in [1.165, 1.54) is 18.5 Å². The number of aromatic nitrogens is 2. The van der Waals surface area contributed by atoms with E-state index < -0.39 is 16.0 Å². The van der Waals surface area contributed by atoms with Crippen molar-refractivity contribution in [2.24, 2.45) is 0 Å². The van der Waals surface area contributed by atoms with E-state index in [-0.39, 0.29) is 17.0 Å². The van der Waals surface area contributed by atoms with Crippen molar-refractivity contribution in [3.05, 3.63) is 47.5 Å². The highest BCUT2D eigenvalue weighted by Crippen LogP contribution is 2.15. The molecular weight excluding hydrogens is 294 g/mol. The number of H-pyrrole nitrogens is 1. The summed E-state index contributed by atoms with van der Waals surface area (Å²) in [5.74, 6) is -1.15. The Balaban J connectivity index is 2.12. The summed E-state index contributed by atoms with van der Waals surface area (Å²) in [5.41, 5.74) is 1.30. The summed E-state index contributed by atoms with van der Waals surface area (Å²) in [7, 11) is -3.73. The molecule has 3 N–H and O–H groups in total. The summed E-state index contributed by atoms with van der Waals surface area (Å²) < 4.78 is 26.7. The Labute approximate surface area is 122 Å². The van der Waals surface area contributed by atoms with Gasteiger partial charge in [0.05, 0.1) is 16.8 Å². The molecule has 0 aliphatic heterocycles. The average molecular weight is 309 g/mol. The van der Waals surface area contributed by atoms with Crippen molar-refractivity contribution in [3.63, 3.8) is 0 Å². The fourth-order valence-corrected chi connectivity index (χ4v) is 2.88. The second kappa shape index (κ2) is 6.06. The third-order valence-electron chi connectivity index (χ3n) is 2.99. The van der Waals surface area contributed by atoms with Gasteiger partial charge in [0.1, 0.15) is 0 Å². The molecule has 0 saturated heterocycles. The summed E-state index contributed by atoms with van der Waals surface area (Å²) >= 11 is 0. The number of aromatic carboxylic acids is 1. The number of nitrogens with zero attached hydrogens (tertiary/aromatic N) is 1. The molecule has 0 spiro atoms. The van der Waals surface area contributed by atoms with E-state index in [1.54, 1.807) is 13.1 Å². The summed E-state index contributed by atoms with van der Waals surface area (Å²) in [5, 5.41) is 9.03. The van der Waals surface area contributed by atoms with Crippen LogP contribution in [0, 0.1) is 6.92 Å². The standard InChI is InChI=1S/C13H15N3O4S/c1-9-2-3-11(6-12(9)13(17)18)21(19,20)16-5-4-10-7-14-8-15-10/h2-3,6-8,16H,4-5H2,1H3,(H,14,15)(H,17,18). The lowest BCUT2D eigenvalue weighted by Gasteiger charge is -2.08. The van der Waals surface area contributed by atoms with E-state index in [4.69, 9.17) is 5.11 Å². The van der Waals surface area contributed by atoms with Gasteiger partial charge in [-0.3, -0.25) is 0 Å². The normalized spacial score (nSPS) is 11.5. The number of aromatic amines is 1. The van der Waals surface area contributed by atoms with Gasteiger partial charge in [-0.2, -0.15) is 0 Å². The van der Waals surface area contributed by atoms with Crippen LogP contribution in [-0.4, -0.2) is 36.0 Å². The molecule has 0 bridgehead atoms. The highest BCUT2D eigenvalue weighted by Gasteiger charge is 2.17. The number of nitrogens with one attached hydrogen (secondary N) is 2. The van der Waals surface area contributed by atoms with Gasteiger partial charge in [0, 0.05) is 24.9 Å².